The predicted molar refractivity (Wildman–Crippen MR) is 103 cm³/mol. The summed E-state index contributed by atoms with van der Waals surface area (Å²) in [5.41, 5.74) is 4.70. The van der Waals surface area contributed by atoms with Gasteiger partial charge >= 0.3 is 0 Å². The van der Waals surface area contributed by atoms with E-state index in [1.165, 1.54) is 0 Å². The third-order valence-corrected chi connectivity index (χ3v) is 5.19. The molecule has 1 fully saturated rings. The topological polar surface area (TPSA) is 45.7 Å². The van der Waals surface area contributed by atoms with Gasteiger partial charge in [0.05, 0.1) is 12.8 Å². The number of allylic oxidation sites excluding steroid dienone is 1. The Balaban J connectivity index is 1.67. The summed E-state index contributed by atoms with van der Waals surface area (Å²) in [6.45, 7) is 4.01. The van der Waals surface area contributed by atoms with Crippen molar-refractivity contribution in [2.75, 3.05) is 45.2 Å². The van der Waals surface area contributed by atoms with E-state index in [-0.39, 0.29) is 5.78 Å². The molecule has 2 aliphatic rings. The van der Waals surface area contributed by atoms with Crippen LogP contribution in [0.1, 0.15) is 21.5 Å². The highest BCUT2D eigenvalue weighted by molar-refractivity contribution is 6.16. The SMILES string of the molecule is COc1cc2c(cc1N1CCN(C)CC1)C/C(=C\c1cccnc1)C2=O. The number of carbonyl (C=O) groups is 1. The standard InChI is InChI=1S/C21H23N3O2/c1-23-6-8-24(9-7-23)19-12-16-11-17(10-15-4-3-5-22-14-15)21(25)18(16)13-20(19)26-2/h3-5,10,12-14H,6-9,11H2,1-2H3/b17-10+. The second kappa shape index (κ2) is 6.92. The van der Waals surface area contributed by atoms with Crippen LogP contribution >= 0.6 is 0 Å². The minimum absolute atomic E-state index is 0.0899. The maximum atomic E-state index is 12.8. The fourth-order valence-electron chi connectivity index (χ4n) is 3.66. The maximum absolute atomic E-state index is 12.8. The van der Waals surface area contributed by atoms with Crippen LogP contribution in [0.15, 0.2) is 42.2 Å². The van der Waals surface area contributed by atoms with Crippen LogP contribution in [0.2, 0.25) is 0 Å². The van der Waals surface area contributed by atoms with Gasteiger partial charge in [0.1, 0.15) is 5.75 Å². The Labute approximate surface area is 153 Å². The number of methoxy groups -OCH3 is 1. The highest BCUT2D eigenvalue weighted by Crippen LogP contribution is 2.38. The van der Waals surface area contributed by atoms with Gasteiger partial charge in [-0.15, -0.1) is 0 Å². The van der Waals surface area contributed by atoms with E-state index in [1.54, 1.807) is 19.5 Å². The molecule has 1 aliphatic heterocycles. The minimum Gasteiger partial charge on any atom is -0.495 e. The number of likely N-dealkylation sites (N-methyl/N-ethyl adjacent to an activating group) is 1. The molecule has 26 heavy (non-hydrogen) atoms. The Morgan fingerprint density at radius 2 is 2.00 bits per heavy atom. The first-order valence-corrected chi connectivity index (χ1v) is 8.95. The number of hydrogen-bond acceptors (Lipinski definition) is 5. The molecule has 0 saturated carbocycles. The number of hydrogen-bond donors (Lipinski definition) is 0. The minimum atomic E-state index is 0.0899. The van der Waals surface area contributed by atoms with Crippen molar-refractivity contribution in [1.82, 2.24) is 9.88 Å². The van der Waals surface area contributed by atoms with Gasteiger partial charge in [-0.2, -0.15) is 0 Å². The normalized spacial score (nSPS) is 19.1. The third kappa shape index (κ3) is 3.10. The van der Waals surface area contributed by atoms with Crippen LogP contribution in [0.3, 0.4) is 0 Å². The van der Waals surface area contributed by atoms with Gasteiger partial charge in [0.15, 0.2) is 5.78 Å². The Hall–Kier alpha value is -2.66. The molecule has 2 aromatic rings. The van der Waals surface area contributed by atoms with E-state index >= 15 is 0 Å². The predicted octanol–water partition coefficient (Wildman–Crippen LogP) is 2.66. The lowest BCUT2D eigenvalue weighted by molar-refractivity contribution is 0.104. The van der Waals surface area contributed by atoms with Gasteiger partial charge in [-0.05, 0) is 42.4 Å². The molecule has 134 valence electrons. The summed E-state index contributed by atoms with van der Waals surface area (Å²) in [7, 11) is 3.82. The summed E-state index contributed by atoms with van der Waals surface area (Å²) in [5, 5.41) is 0. The quantitative estimate of drug-likeness (QED) is 0.797. The molecular formula is C21H23N3O2. The molecule has 0 atom stereocenters. The largest absolute Gasteiger partial charge is 0.495 e. The molecule has 5 heteroatoms. The number of benzene rings is 1. The highest BCUT2D eigenvalue weighted by atomic mass is 16.5. The van der Waals surface area contributed by atoms with Crippen LogP contribution in [-0.4, -0.2) is 56.0 Å². The van der Waals surface area contributed by atoms with Crippen molar-refractivity contribution < 1.29 is 9.53 Å². The van der Waals surface area contributed by atoms with E-state index in [0.717, 1.165) is 59.9 Å². The van der Waals surface area contributed by atoms with Crippen LogP contribution in [0.5, 0.6) is 5.75 Å². The van der Waals surface area contributed by atoms with Gasteiger partial charge < -0.3 is 14.5 Å². The molecule has 1 aliphatic carbocycles. The fraction of sp³-hybridized carbons (Fsp3) is 0.333. The van der Waals surface area contributed by atoms with Crippen molar-refractivity contribution in [3.63, 3.8) is 0 Å². The number of ether oxygens (including phenoxy) is 1. The van der Waals surface area contributed by atoms with Crippen LogP contribution < -0.4 is 9.64 Å². The van der Waals surface area contributed by atoms with Gasteiger partial charge in [-0.25, -0.2) is 0 Å². The van der Waals surface area contributed by atoms with Crippen LogP contribution in [-0.2, 0) is 6.42 Å². The van der Waals surface area contributed by atoms with Gasteiger partial charge in [0.25, 0.3) is 0 Å². The average Bonchev–Trinajstić information content (AvgIpc) is 2.97. The van der Waals surface area contributed by atoms with Crippen molar-refractivity contribution in [3.05, 3.63) is 58.9 Å². The Kier molecular flexibility index (Phi) is 4.47. The first-order chi connectivity index (χ1) is 12.7. The monoisotopic (exact) mass is 349 g/mol. The molecule has 1 aromatic carbocycles. The second-order valence-electron chi connectivity index (χ2n) is 6.93. The first-order valence-electron chi connectivity index (χ1n) is 8.95. The van der Waals surface area contributed by atoms with Crippen molar-refractivity contribution in [2.24, 2.45) is 0 Å². The number of nitrogens with zero attached hydrogens (tertiary/aromatic N) is 3. The average molecular weight is 349 g/mol. The molecule has 1 aromatic heterocycles. The van der Waals surface area contributed by atoms with E-state index in [9.17, 15) is 4.79 Å². The zero-order valence-corrected chi connectivity index (χ0v) is 15.2. The van der Waals surface area contributed by atoms with Gasteiger partial charge in [0.2, 0.25) is 0 Å². The fourth-order valence-corrected chi connectivity index (χ4v) is 3.66. The molecule has 1 saturated heterocycles. The molecular weight excluding hydrogens is 326 g/mol. The summed E-state index contributed by atoms with van der Waals surface area (Å²) in [6.07, 6.45) is 6.12. The van der Waals surface area contributed by atoms with E-state index in [0.29, 0.717) is 6.42 Å². The molecule has 0 unspecified atom stereocenters. The third-order valence-electron chi connectivity index (χ3n) is 5.19. The number of rotatable bonds is 3. The molecule has 2 heterocycles. The lowest BCUT2D eigenvalue weighted by atomic mass is 10.1. The molecule has 0 radical (unpaired) electrons. The van der Waals surface area contributed by atoms with Gasteiger partial charge in [0, 0.05) is 56.1 Å². The van der Waals surface area contributed by atoms with E-state index in [4.69, 9.17) is 4.74 Å². The number of Topliss-reactive ketones (excluding diaryl/α,β-unsaturated/α-hetero) is 1. The molecule has 4 rings (SSSR count). The smallest absolute Gasteiger partial charge is 0.189 e. The lowest BCUT2D eigenvalue weighted by Gasteiger charge is -2.35. The molecule has 0 N–H and O–H groups in total. The van der Waals surface area contributed by atoms with Crippen molar-refractivity contribution in [3.8, 4) is 5.75 Å². The summed E-state index contributed by atoms with van der Waals surface area (Å²) >= 11 is 0. The molecule has 0 amide bonds. The second-order valence-corrected chi connectivity index (χ2v) is 6.93. The molecule has 5 nitrogen and oxygen atoms in total. The number of ketones is 1. The number of pyridine rings is 1. The number of fused-ring (bicyclic) bond motifs is 1. The maximum Gasteiger partial charge on any atom is 0.189 e. The summed E-state index contributed by atoms with van der Waals surface area (Å²) in [6, 6.07) is 7.90. The summed E-state index contributed by atoms with van der Waals surface area (Å²) in [5.74, 6) is 0.872. The van der Waals surface area contributed by atoms with Gasteiger partial charge in [-0.1, -0.05) is 6.07 Å². The van der Waals surface area contributed by atoms with Crippen molar-refractivity contribution >= 4 is 17.5 Å². The van der Waals surface area contributed by atoms with Gasteiger partial charge in [-0.3, -0.25) is 9.78 Å². The Morgan fingerprint density at radius 3 is 2.69 bits per heavy atom. The van der Waals surface area contributed by atoms with Crippen molar-refractivity contribution in [2.45, 2.75) is 6.42 Å². The summed E-state index contributed by atoms with van der Waals surface area (Å²) < 4.78 is 5.62. The van der Waals surface area contributed by atoms with Crippen molar-refractivity contribution in [1.29, 1.82) is 0 Å². The molecule has 0 bridgehead atoms. The number of anilines is 1. The van der Waals surface area contributed by atoms with Crippen LogP contribution in [0.25, 0.3) is 6.08 Å². The zero-order chi connectivity index (χ0) is 18.1. The van der Waals surface area contributed by atoms with Crippen LogP contribution in [0.4, 0.5) is 5.69 Å². The van der Waals surface area contributed by atoms with Crippen LogP contribution in [0, 0.1) is 0 Å². The van der Waals surface area contributed by atoms with E-state index in [2.05, 4.69) is 27.9 Å². The number of carbonyl (C=O) groups excluding carboxylic acids is 1. The van der Waals surface area contributed by atoms with E-state index in [1.807, 2.05) is 24.3 Å². The van der Waals surface area contributed by atoms with E-state index < -0.39 is 0 Å². The summed E-state index contributed by atoms with van der Waals surface area (Å²) in [4.78, 5) is 21.6. The Morgan fingerprint density at radius 1 is 1.19 bits per heavy atom. The molecule has 0 spiro atoms. The zero-order valence-electron chi connectivity index (χ0n) is 15.2. The number of aromatic nitrogens is 1. The Bertz CT molecular complexity index is 853. The highest BCUT2D eigenvalue weighted by Gasteiger charge is 2.28. The number of piperazine rings is 1. The first kappa shape index (κ1) is 16.8. The lowest BCUT2D eigenvalue weighted by Crippen LogP contribution is -2.44.